The Bertz CT molecular complexity index is 179. The highest BCUT2D eigenvalue weighted by Gasteiger charge is 2.39. The van der Waals surface area contributed by atoms with Crippen LogP contribution in [0.25, 0.3) is 0 Å². The third-order valence-electron chi connectivity index (χ3n) is 3.92. The Kier molecular flexibility index (Phi) is 4.04. The van der Waals surface area contributed by atoms with Crippen molar-refractivity contribution in [2.24, 2.45) is 0 Å². The fraction of sp³-hybridized carbons (Fsp3) is 1.00. The van der Waals surface area contributed by atoms with Crippen LogP contribution in [0.5, 0.6) is 0 Å². The largest absolute Gasteiger partial charge is 0.372 e. The summed E-state index contributed by atoms with van der Waals surface area (Å²) in [5.41, 5.74) is 0. The van der Waals surface area contributed by atoms with Crippen LogP contribution in [0.15, 0.2) is 0 Å². The third-order valence-corrected chi connectivity index (χ3v) is 3.92. The second kappa shape index (κ2) is 5.31. The molecule has 0 aromatic heterocycles. The van der Waals surface area contributed by atoms with Crippen molar-refractivity contribution in [3.05, 3.63) is 0 Å². The molecule has 0 aromatic carbocycles. The Balaban J connectivity index is 1.73. The lowest BCUT2D eigenvalue weighted by atomic mass is 9.95. The van der Waals surface area contributed by atoms with E-state index in [9.17, 15) is 0 Å². The number of unbranched alkanes of at least 4 members (excludes halogenated alkanes) is 2. The first kappa shape index (κ1) is 11.4. The van der Waals surface area contributed by atoms with Gasteiger partial charge >= 0.3 is 0 Å². The molecule has 3 aliphatic heterocycles. The molecule has 2 bridgehead atoms. The monoisotopic (exact) mass is 211 g/mol. The number of morpholine rings is 1. The molecular formula is C13H25NO. The van der Waals surface area contributed by atoms with Crippen molar-refractivity contribution in [3.8, 4) is 0 Å². The van der Waals surface area contributed by atoms with Crippen molar-refractivity contribution in [3.63, 3.8) is 0 Å². The normalized spacial score (nSPS) is 32.4. The average molecular weight is 211 g/mol. The zero-order chi connectivity index (χ0) is 10.7. The van der Waals surface area contributed by atoms with Gasteiger partial charge in [-0.3, -0.25) is 4.90 Å². The number of hydrogen-bond donors (Lipinski definition) is 0. The molecule has 0 spiro atoms. The van der Waals surface area contributed by atoms with Crippen LogP contribution in [0, 0.1) is 0 Å². The molecule has 0 amide bonds. The lowest BCUT2D eigenvalue weighted by Gasteiger charge is -2.49. The van der Waals surface area contributed by atoms with Gasteiger partial charge in [0, 0.05) is 25.6 Å². The number of fused-ring (bicyclic) bond motifs is 2. The molecule has 3 saturated heterocycles. The van der Waals surface area contributed by atoms with Crippen LogP contribution < -0.4 is 0 Å². The summed E-state index contributed by atoms with van der Waals surface area (Å²) >= 11 is 0. The average Bonchev–Trinajstić information content (AvgIpc) is 2.24. The topological polar surface area (TPSA) is 12.5 Å². The van der Waals surface area contributed by atoms with Gasteiger partial charge in [0.1, 0.15) is 0 Å². The minimum atomic E-state index is 0.573. The maximum absolute atomic E-state index is 5.68. The van der Waals surface area contributed by atoms with Gasteiger partial charge in [0.05, 0.1) is 12.2 Å². The summed E-state index contributed by atoms with van der Waals surface area (Å²) in [6.45, 7) is 7.00. The number of piperidine rings is 1. The first-order valence-corrected chi connectivity index (χ1v) is 6.73. The Labute approximate surface area is 94.0 Å². The number of rotatable bonds is 6. The van der Waals surface area contributed by atoms with Crippen LogP contribution in [-0.2, 0) is 4.74 Å². The quantitative estimate of drug-likeness (QED) is 0.626. The molecule has 2 heteroatoms. The number of hydrogen-bond acceptors (Lipinski definition) is 2. The second-order valence-electron chi connectivity index (χ2n) is 5.13. The van der Waals surface area contributed by atoms with E-state index in [2.05, 4.69) is 18.7 Å². The molecule has 3 atom stereocenters. The zero-order valence-electron chi connectivity index (χ0n) is 10.2. The van der Waals surface area contributed by atoms with Gasteiger partial charge in [-0.25, -0.2) is 0 Å². The van der Waals surface area contributed by atoms with E-state index in [1.54, 1.807) is 0 Å². The van der Waals surface area contributed by atoms with Gasteiger partial charge in [0.25, 0.3) is 0 Å². The van der Waals surface area contributed by atoms with Crippen molar-refractivity contribution in [1.29, 1.82) is 0 Å². The predicted octanol–water partition coefficient (Wildman–Crippen LogP) is 2.82. The number of nitrogens with zero attached hydrogens (tertiary/aromatic N) is 1. The van der Waals surface area contributed by atoms with E-state index in [0.717, 1.165) is 6.04 Å². The number of ether oxygens (including phenoxy) is 1. The van der Waals surface area contributed by atoms with Gasteiger partial charge in [-0.05, 0) is 12.8 Å². The lowest BCUT2D eigenvalue weighted by Crippen LogP contribution is -2.59. The minimum absolute atomic E-state index is 0.573. The van der Waals surface area contributed by atoms with Crippen LogP contribution >= 0.6 is 0 Å². The van der Waals surface area contributed by atoms with Crippen LogP contribution in [0.2, 0.25) is 0 Å². The summed E-state index contributed by atoms with van der Waals surface area (Å²) in [7, 11) is 0. The van der Waals surface area contributed by atoms with E-state index < -0.39 is 0 Å². The Morgan fingerprint density at radius 3 is 2.40 bits per heavy atom. The third kappa shape index (κ3) is 2.73. The van der Waals surface area contributed by atoms with Gasteiger partial charge in [-0.15, -0.1) is 0 Å². The molecule has 3 aliphatic rings. The molecule has 3 unspecified atom stereocenters. The van der Waals surface area contributed by atoms with E-state index in [1.807, 2.05) is 0 Å². The SMILES string of the molecule is CCCCCC(CC)N1CC2CC(C1)O2. The van der Waals surface area contributed by atoms with Gasteiger partial charge in [-0.2, -0.15) is 0 Å². The fourth-order valence-electron chi connectivity index (χ4n) is 2.96. The molecule has 0 radical (unpaired) electrons. The molecule has 0 saturated carbocycles. The van der Waals surface area contributed by atoms with Crippen molar-refractivity contribution in [2.45, 2.75) is 70.6 Å². The molecule has 3 heterocycles. The van der Waals surface area contributed by atoms with E-state index in [-0.39, 0.29) is 0 Å². The molecule has 3 rings (SSSR count). The van der Waals surface area contributed by atoms with E-state index >= 15 is 0 Å². The summed E-state index contributed by atoms with van der Waals surface area (Å²) in [5, 5.41) is 0. The van der Waals surface area contributed by atoms with E-state index in [1.165, 1.54) is 51.6 Å². The van der Waals surface area contributed by atoms with E-state index in [0.29, 0.717) is 12.2 Å². The molecule has 0 aliphatic carbocycles. The van der Waals surface area contributed by atoms with Gasteiger partial charge in [0.15, 0.2) is 0 Å². The fourth-order valence-corrected chi connectivity index (χ4v) is 2.96. The highest BCUT2D eigenvalue weighted by Crippen LogP contribution is 2.30. The summed E-state index contributed by atoms with van der Waals surface area (Å²) < 4.78 is 5.68. The summed E-state index contributed by atoms with van der Waals surface area (Å²) in [6.07, 6.45) is 9.31. The van der Waals surface area contributed by atoms with Gasteiger partial charge in [0.2, 0.25) is 0 Å². The summed E-state index contributed by atoms with van der Waals surface area (Å²) in [4.78, 5) is 2.68. The second-order valence-corrected chi connectivity index (χ2v) is 5.13. The minimum Gasteiger partial charge on any atom is -0.372 e. The van der Waals surface area contributed by atoms with Crippen molar-refractivity contribution >= 4 is 0 Å². The van der Waals surface area contributed by atoms with Gasteiger partial charge < -0.3 is 4.74 Å². The first-order valence-electron chi connectivity index (χ1n) is 6.73. The Morgan fingerprint density at radius 2 is 1.87 bits per heavy atom. The van der Waals surface area contributed by atoms with Crippen molar-refractivity contribution in [2.75, 3.05) is 13.1 Å². The van der Waals surface area contributed by atoms with Crippen LogP contribution in [0.3, 0.4) is 0 Å². The Morgan fingerprint density at radius 1 is 1.20 bits per heavy atom. The van der Waals surface area contributed by atoms with Crippen molar-refractivity contribution < 1.29 is 4.74 Å². The molecule has 3 fully saturated rings. The molecule has 0 aromatic rings. The molecular weight excluding hydrogens is 186 g/mol. The van der Waals surface area contributed by atoms with Crippen molar-refractivity contribution in [1.82, 2.24) is 4.90 Å². The molecule has 15 heavy (non-hydrogen) atoms. The zero-order valence-corrected chi connectivity index (χ0v) is 10.2. The van der Waals surface area contributed by atoms with E-state index in [4.69, 9.17) is 4.74 Å². The maximum Gasteiger partial charge on any atom is 0.0731 e. The first-order chi connectivity index (χ1) is 7.33. The predicted molar refractivity (Wildman–Crippen MR) is 63.1 cm³/mol. The molecule has 88 valence electrons. The van der Waals surface area contributed by atoms with Crippen LogP contribution in [0.1, 0.15) is 52.4 Å². The van der Waals surface area contributed by atoms with Crippen LogP contribution in [0.4, 0.5) is 0 Å². The highest BCUT2D eigenvalue weighted by molar-refractivity contribution is 4.91. The summed E-state index contributed by atoms with van der Waals surface area (Å²) in [6, 6.07) is 0.825. The maximum atomic E-state index is 5.68. The molecule has 2 nitrogen and oxygen atoms in total. The summed E-state index contributed by atoms with van der Waals surface area (Å²) in [5.74, 6) is 0. The highest BCUT2D eigenvalue weighted by atomic mass is 16.5. The smallest absolute Gasteiger partial charge is 0.0731 e. The standard InChI is InChI=1S/C13H25NO/c1-3-5-6-7-11(4-2)14-9-12-8-13(10-14)15-12/h11-13H,3-10H2,1-2H3. The Hall–Kier alpha value is -0.0800. The van der Waals surface area contributed by atoms with Crippen LogP contribution in [-0.4, -0.2) is 36.2 Å². The lowest BCUT2D eigenvalue weighted by molar-refractivity contribution is -0.188. The van der Waals surface area contributed by atoms with Gasteiger partial charge in [-0.1, -0.05) is 33.1 Å². The molecule has 0 N–H and O–H groups in total.